The van der Waals surface area contributed by atoms with Gasteiger partial charge in [-0.3, -0.25) is 4.79 Å². The Morgan fingerprint density at radius 2 is 1.62 bits per heavy atom. The van der Waals surface area contributed by atoms with Gasteiger partial charge in [0.05, 0.1) is 5.56 Å². The molecule has 0 radical (unpaired) electrons. The lowest BCUT2D eigenvalue weighted by molar-refractivity contribution is -0.112. The molecule has 1 aromatic rings. The van der Waals surface area contributed by atoms with Crippen molar-refractivity contribution in [3.8, 4) is 0 Å². The third-order valence-electron chi connectivity index (χ3n) is 3.21. The van der Waals surface area contributed by atoms with E-state index >= 15 is 0 Å². The maximum atomic E-state index is 11.9. The maximum absolute atomic E-state index is 11.9. The molecule has 114 valence electrons. The molecule has 4 heteroatoms. The van der Waals surface area contributed by atoms with E-state index in [9.17, 15) is 14.7 Å². The van der Waals surface area contributed by atoms with Crippen molar-refractivity contribution in [2.75, 3.05) is 5.32 Å². The molecule has 0 atom stereocenters. The molecular formula is C17H23NO3. The first kappa shape index (κ1) is 17.0. The summed E-state index contributed by atoms with van der Waals surface area (Å²) in [4.78, 5) is 23.2. The normalized spacial score (nSPS) is 10.2. The average Bonchev–Trinajstić information content (AvgIpc) is 2.41. The van der Waals surface area contributed by atoms with Gasteiger partial charge < -0.3 is 10.4 Å². The van der Waals surface area contributed by atoms with Crippen LogP contribution in [0.25, 0.3) is 0 Å². The molecule has 1 aromatic carbocycles. The summed E-state index contributed by atoms with van der Waals surface area (Å²) in [6, 6.07) is 3.30. The fraction of sp³-hybridized carbons (Fsp3) is 0.412. The predicted molar refractivity (Wildman–Crippen MR) is 84.8 cm³/mol. The van der Waals surface area contributed by atoms with E-state index in [0.29, 0.717) is 5.57 Å². The Bertz CT molecular complexity index is 534. The van der Waals surface area contributed by atoms with E-state index in [-0.39, 0.29) is 11.5 Å². The van der Waals surface area contributed by atoms with Crippen molar-refractivity contribution in [1.82, 2.24) is 0 Å². The van der Waals surface area contributed by atoms with E-state index in [2.05, 4.69) is 11.9 Å². The summed E-state index contributed by atoms with van der Waals surface area (Å²) in [5.41, 5.74) is 3.19. The number of nitrogens with one attached hydrogen (secondary N) is 1. The van der Waals surface area contributed by atoms with Crippen LogP contribution in [0.15, 0.2) is 24.3 Å². The molecule has 1 rings (SSSR count). The second-order valence-corrected chi connectivity index (χ2v) is 5.21. The molecular weight excluding hydrogens is 266 g/mol. The quantitative estimate of drug-likeness (QED) is 0.750. The van der Waals surface area contributed by atoms with Crippen molar-refractivity contribution in [1.29, 1.82) is 0 Å². The molecule has 0 aliphatic rings. The molecule has 0 heterocycles. The average molecular weight is 289 g/mol. The Kier molecular flexibility index (Phi) is 6.15. The highest BCUT2D eigenvalue weighted by molar-refractivity contribution is 6.04. The first-order chi connectivity index (χ1) is 9.90. The number of carbonyl (C=O) groups is 2. The molecule has 2 N–H and O–H groups in total. The van der Waals surface area contributed by atoms with Gasteiger partial charge in [-0.15, -0.1) is 0 Å². The van der Waals surface area contributed by atoms with Crippen molar-refractivity contribution >= 4 is 17.6 Å². The Balaban J connectivity index is 3.37. The second kappa shape index (κ2) is 7.62. The highest BCUT2D eigenvalue weighted by Gasteiger charge is 2.15. The van der Waals surface area contributed by atoms with Gasteiger partial charge in [0, 0.05) is 11.3 Å². The van der Waals surface area contributed by atoms with Crippen molar-refractivity contribution in [3.05, 3.63) is 41.0 Å². The third kappa shape index (κ3) is 4.45. The maximum Gasteiger partial charge on any atom is 0.335 e. The lowest BCUT2D eigenvalue weighted by Gasteiger charge is -2.17. The van der Waals surface area contributed by atoms with Gasteiger partial charge in [0.2, 0.25) is 0 Å². The minimum atomic E-state index is -0.942. The van der Waals surface area contributed by atoms with E-state index < -0.39 is 5.97 Å². The van der Waals surface area contributed by atoms with Gasteiger partial charge in [-0.2, -0.15) is 0 Å². The summed E-state index contributed by atoms with van der Waals surface area (Å²) < 4.78 is 0. The lowest BCUT2D eigenvalue weighted by Crippen LogP contribution is -2.16. The first-order valence-electron chi connectivity index (χ1n) is 7.26. The molecule has 1 amide bonds. The number of carboxylic acid groups (broad SMARTS) is 1. The van der Waals surface area contributed by atoms with Gasteiger partial charge >= 0.3 is 5.97 Å². The summed E-state index contributed by atoms with van der Waals surface area (Å²) in [7, 11) is 0. The van der Waals surface area contributed by atoms with Crippen LogP contribution >= 0.6 is 0 Å². The van der Waals surface area contributed by atoms with Crippen LogP contribution in [0.5, 0.6) is 0 Å². The second-order valence-electron chi connectivity index (χ2n) is 5.21. The molecule has 0 saturated carbocycles. The number of benzene rings is 1. The molecule has 0 fully saturated rings. The van der Waals surface area contributed by atoms with Gasteiger partial charge in [-0.1, -0.05) is 33.3 Å². The van der Waals surface area contributed by atoms with Crippen LogP contribution in [-0.4, -0.2) is 17.0 Å². The molecule has 21 heavy (non-hydrogen) atoms. The number of hydrogen-bond donors (Lipinski definition) is 2. The first-order valence-corrected chi connectivity index (χ1v) is 7.26. The van der Waals surface area contributed by atoms with Crippen molar-refractivity contribution < 1.29 is 14.7 Å². The number of rotatable bonds is 7. The highest BCUT2D eigenvalue weighted by atomic mass is 16.4. The van der Waals surface area contributed by atoms with Crippen LogP contribution in [0.4, 0.5) is 5.69 Å². The number of amides is 1. The van der Waals surface area contributed by atoms with E-state index in [1.54, 1.807) is 19.1 Å². The van der Waals surface area contributed by atoms with E-state index in [4.69, 9.17) is 0 Å². The van der Waals surface area contributed by atoms with Crippen LogP contribution in [0, 0.1) is 0 Å². The standard InChI is InChI=1S/C17H23NO3/c1-5-7-12-9-14(17(20)21)10-13(8-6-2)15(12)18-16(19)11(3)4/h9-10H,3,5-8H2,1-2,4H3,(H,18,19)(H,20,21). The number of aromatic carboxylic acids is 1. The van der Waals surface area contributed by atoms with Gasteiger partial charge in [-0.05, 0) is 43.0 Å². The summed E-state index contributed by atoms with van der Waals surface area (Å²) >= 11 is 0. The molecule has 0 aliphatic heterocycles. The minimum Gasteiger partial charge on any atom is -0.478 e. The van der Waals surface area contributed by atoms with Gasteiger partial charge in [0.1, 0.15) is 0 Å². The fourth-order valence-electron chi connectivity index (χ4n) is 2.20. The smallest absolute Gasteiger partial charge is 0.335 e. The van der Waals surface area contributed by atoms with Crippen LogP contribution in [-0.2, 0) is 17.6 Å². The van der Waals surface area contributed by atoms with Crippen molar-refractivity contribution in [2.24, 2.45) is 0 Å². The number of carbonyl (C=O) groups excluding carboxylic acids is 1. The molecule has 0 aromatic heterocycles. The highest BCUT2D eigenvalue weighted by Crippen LogP contribution is 2.27. The van der Waals surface area contributed by atoms with Crippen molar-refractivity contribution in [3.63, 3.8) is 0 Å². The minimum absolute atomic E-state index is 0.229. The molecule has 0 saturated heterocycles. The van der Waals surface area contributed by atoms with Gasteiger partial charge in [0.25, 0.3) is 5.91 Å². The van der Waals surface area contributed by atoms with Crippen LogP contribution in [0.3, 0.4) is 0 Å². The summed E-state index contributed by atoms with van der Waals surface area (Å²) in [6.45, 7) is 9.35. The zero-order valence-electron chi connectivity index (χ0n) is 13.0. The largest absolute Gasteiger partial charge is 0.478 e. The zero-order valence-corrected chi connectivity index (χ0v) is 13.0. The lowest BCUT2D eigenvalue weighted by atomic mass is 9.96. The van der Waals surface area contributed by atoms with Crippen LogP contribution in [0.1, 0.15) is 55.1 Å². The summed E-state index contributed by atoms with van der Waals surface area (Å²) in [6.07, 6.45) is 3.21. The molecule has 4 nitrogen and oxygen atoms in total. The Morgan fingerprint density at radius 3 is 1.95 bits per heavy atom. The molecule has 0 aliphatic carbocycles. The third-order valence-corrected chi connectivity index (χ3v) is 3.21. The van der Waals surface area contributed by atoms with E-state index in [1.165, 1.54) is 0 Å². The Morgan fingerprint density at radius 1 is 1.14 bits per heavy atom. The number of aryl methyl sites for hydroxylation is 2. The number of carboxylic acids is 1. The SMILES string of the molecule is C=C(C)C(=O)Nc1c(CCC)cc(C(=O)O)cc1CCC. The molecule has 0 spiro atoms. The molecule has 0 bridgehead atoms. The zero-order chi connectivity index (χ0) is 16.0. The van der Waals surface area contributed by atoms with Gasteiger partial charge in [0.15, 0.2) is 0 Å². The Hall–Kier alpha value is -2.10. The van der Waals surface area contributed by atoms with Crippen LogP contribution < -0.4 is 5.32 Å². The predicted octanol–water partition coefficient (Wildman–Crippen LogP) is 3.80. The van der Waals surface area contributed by atoms with E-state index in [0.717, 1.165) is 42.5 Å². The number of hydrogen-bond acceptors (Lipinski definition) is 2. The fourth-order valence-corrected chi connectivity index (χ4v) is 2.20. The van der Waals surface area contributed by atoms with Crippen molar-refractivity contribution in [2.45, 2.75) is 46.5 Å². The van der Waals surface area contributed by atoms with E-state index in [1.807, 2.05) is 13.8 Å². The topological polar surface area (TPSA) is 66.4 Å². The Labute approximate surface area is 125 Å². The summed E-state index contributed by atoms with van der Waals surface area (Å²) in [5.74, 6) is -1.17. The van der Waals surface area contributed by atoms with Crippen LogP contribution in [0.2, 0.25) is 0 Å². The van der Waals surface area contributed by atoms with Gasteiger partial charge in [-0.25, -0.2) is 4.79 Å². The summed E-state index contributed by atoms with van der Waals surface area (Å²) in [5, 5.41) is 12.1. The number of anilines is 1. The molecule has 0 unspecified atom stereocenters. The monoisotopic (exact) mass is 289 g/mol.